The largest absolute Gasteiger partial charge is 0.388 e. The van der Waals surface area contributed by atoms with Crippen molar-refractivity contribution in [1.29, 1.82) is 0 Å². The number of fused-ring (bicyclic) bond motifs is 4. The average Bonchev–Trinajstić information content (AvgIpc) is 1.61. The minimum atomic E-state index is -0.761. The van der Waals surface area contributed by atoms with E-state index in [0.717, 1.165) is 109 Å². The minimum Gasteiger partial charge on any atom is -0.388 e. The summed E-state index contributed by atoms with van der Waals surface area (Å²) >= 11 is 0. The third-order valence-electron chi connectivity index (χ3n) is 24.3. The second kappa shape index (κ2) is 51.2. The molecular formula is C100H142N10O10. The quantitative estimate of drug-likeness (QED) is 0.0293. The number of benzene rings is 7. The number of para-hydroxylation sites is 1. The lowest BCUT2D eigenvalue weighted by molar-refractivity contribution is -0.125. The molecule has 652 valence electrons. The van der Waals surface area contributed by atoms with Gasteiger partial charge in [-0.05, 0) is 277 Å². The first-order valence-corrected chi connectivity index (χ1v) is 42.4. The maximum absolute atomic E-state index is 12.2. The minimum absolute atomic E-state index is 0.0740. The third-order valence-corrected chi connectivity index (χ3v) is 24.3. The van der Waals surface area contributed by atoms with E-state index in [2.05, 4.69) is 77.8 Å². The number of rotatable bonds is 22. The molecule has 6 aliphatic rings. The summed E-state index contributed by atoms with van der Waals surface area (Å²) in [7, 11) is 20.7. The van der Waals surface area contributed by atoms with Crippen molar-refractivity contribution in [2.75, 3.05) is 100 Å². The van der Waals surface area contributed by atoms with Gasteiger partial charge in [0.1, 0.15) is 46.0 Å². The summed E-state index contributed by atoms with van der Waals surface area (Å²) in [6, 6.07) is 59.1. The number of carbonyl (C=O) groups excluding carboxylic acids is 10. The van der Waals surface area contributed by atoms with Crippen molar-refractivity contribution >= 4 is 74.9 Å². The van der Waals surface area contributed by atoms with Crippen molar-refractivity contribution < 1.29 is 47.9 Å². The molecule has 20 heteroatoms. The van der Waals surface area contributed by atoms with Crippen LogP contribution in [0.5, 0.6) is 0 Å². The van der Waals surface area contributed by atoms with Crippen LogP contribution in [0.4, 0.5) is 17.1 Å². The molecular weight excluding hydrogens is 1500 g/mol. The smallest absolute Gasteiger partial charge is 0.161 e. The lowest BCUT2D eigenvalue weighted by Gasteiger charge is -2.35. The zero-order chi connectivity index (χ0) is 89.4. The Morgan fingerprint density at radius 2 is 0.908 bits per heavy atom. The molecule has 0 saturated heterocycles. The van der Waals surface area contributed by atoms with E-state index < -0.39 is 5.54 Å². The molecule has 1 aliphatic heterocycles. The first-order chi connectivity index (χ1) is 57.0. The molecule has 120 heavy (non-hydrogen) atoms. The molecule has 0 spiro atoms. The van der Waals surface area contributed by atoms with Gasteiger partial charge in [-0.25, -0.2) is 0 Å². The molecule has 0 radical (unpaired) electrons. The van der Waals surface area contributed by atoms with Crippen molar-refractivity contribution in [3.63, 3.8) is 0 Å². The number of nitrogens with zero attached hydrogens (tertiary/aromatic N) is 2. The molecule has 20 nitrogen and oxygen atoms in total. The number of hydrogen-bond acceptors (Lipinski definition) is 20. The molecule has 5 aliphatic carbocycles. The van der Waals surface area contributed by atoms with Gasteiger partial charge in [0.2, 0.25) is 0 Å². The Balaban J connectivity index is 0.000000282. The first kappa shape index (κ1) is 103. The van der Waals surface area contributed by atoms with Gasteiger partial charge in [-0.2, -0.15) is 0 Å². The monoisotopic (exact) mass is 1640 g/mol. The van der Waals surface area contributed by atoms with Crippen LogP contribution in [0.1, 0.15) is 212 Å². The molecule has 1 heterocycles. The van der Waals surface area contributed by atoms with Gasteiger partial charge in [0.25, 0.3) is 0 Å². The predicted octanol–water partition coefficient (Wildman–Crippen LogP) is 15.5. The summed E-state index contributed by atoms with van der Waals surface area (Å²) in [4.78, 5) is 116. The lowest BCUT2D eigenvalue weighted by Crippen LogP contribution is -2.53. The summed E-state index contributed by atoms with van der Waals surface area (Å²) in [6.45, 7) is 17.8. The molecule has 13 rings (SSSR count). The van der Waals surface area contributed by atoms with Crippen LogP contribution < -0.4 is 42.5 Å². The van der Waals surface area contributed by atoms with Crippen LogP contribution in [-0.4, -0.2) is 180 Å². The summed E-state index contributed by atoms with van der Waals surface area (Å²) in [5.74, 6) is 3.59. The molecule has 3 unspecified atom stereocenters. The van der Waals surface area contributed by atoms with Gasteiger partial charge < -0.3 is 47.4 Å². The van der Waals surface area contributed by atoms with Crippen LogP contribution >= 0.6 is 0 Å². The highest BCUT2D eigenvalue weighted by molar-refractivity contribution is 5.99. The topological polar surface area (TPSA) is 273 Å². The number of carbonyl (C=O) groups is 10. The Bertz CT molecular complexity index is 4350. The van der Waals surface area contributed by atoms with Crippen molar-refractivity contribution in [2.24, 2.45) is 11.8 Å². The lowest BCUT2D eigenvalue weighted by atomic mass is 9.78. The van der Waals surface area contributed by atoms with E-state index in [-0.39, 0.29) is 68.7 Å². The SMILES string of the molecule is CC(=O)CN(C)C.CC(=O)[C@@H]1Cc2ccccc2CN1C.CNC(C(C)=O)(c1ccccc1)c1ccccc1.CNC1(C(C)=O)CC2CCC1C2.CNC1(C(C)=O)CCCC1.CNC1(C(C)=O)CCCCC1.CNC1(C(C)=O)Cc2ccccc2C1.CNc1cccc(C(C)=O)c1.CNc1cccc(CC(C)=O)c1.CNc1ccccc1C(C)=O. The van der Waals surface area contributed by atoms with Gasteiger partial charge in [-0.1, -0.05) is 184 Å². The van der Waals surface area contributed by atoms with E-state index in [9.17, 15) is 47.9 Å². The molecule has 0 aromatic heterocycles. The van der Waals surface area contributed by atoms with Crippen LogP contribution in [0.15, 0.2) is 182 Å². The van der Waals surface area contributed by atoms with E-state index in [4.69, 9.17) is 0 Å². The van der Waals surface area contributed by atoms with Crippen molar-refractivity contribution in [1.82, 2.24) is 36.4 Å². The van der Waals surface area contributed by atoms with Crippen molar-refractivity contribution in [3.8, 4) is 0 Å². The van der Waals surface area contributed by atoms with E-state index in [0.29, 0.717) is 36.2 Å². The van der Waals surface area contributed by atoms with Gasteiger partial charge in [-0.15, -0.1) is 0 Å². The molecule has 4 saturated carbocycles. The van der Waals surface area contributed by atoms with Gasteiger partial charge in [-0.3, -0.25) is 52.8 Å². The Hall–Kier alpha value is -9.64. The fraction of sp³-hybridized carbons (Fsp3) is 0.480. The van der Waals surface area contributed by atoms with E-state index in [1.165, 1.54) is 73.6 Å². The van der Waals surface area contributed by atoms with Crippen molar-refractivity contribution in [2.45, 2.75) is 219 Å². The normalized spacial score (nSPS) is 18.1. The number of anilines is 3. The molecule has 7 aromatic carbocycles. The highest BCUT2D eigenvalue weighted by Crippen LogP contribution is 2.51. The molecule has 4 atom stereocenters. The fourth-order valence-corrected chi connectivity index (χ4v) is 17.1. The molecule has 8 N–H and O–H groups in total. The van der Waals surface area contributed by atoms with E-state index in [1.807, 2.05) is 234 Å². The van der Waals surface area contributed by atoms with E-state index in [1.54, 1.807) is 69.2 Å². The van der Waals surface area contributed by atoms with Crippen LogP contribution in [0.25, 0.3) is 0 Å². The maximum Gasteiger partial charge on any atom is 0.161 e. The summed E-state index contributed by atoms with van der Waals surface area (Å²) in [5, 5.41) is 24.9. The second-order valence-electron chi connectivity index (χ2n) is 32.7. The third kappa shape index (κ3) is 30.2. The maximum atomic E-state index is 12.2. The molecule has 4 fully saturated rings. The van der Waals surface area contributed by atoms with Crippen LogP contribution in [0, 0.1) is 11.8 Å². The van der Waals surface area contributed by atoms with Gasteiger partial charge in [0.05, 0.1) is 34.7 Å². The highest BCUT2D eigenvalue weighted by Gasteiger charge is 2.53. The van der Waals surface area contributed by atoms with Gasteiger partial charge in [0, 0.05) is 62.3 Å². The predicted molar refractivity (Wildman–Crippen MR) is 492 cm³/mol. The van der Waals surface area contributed by atoms with Gasteiger partial charge >= 0.3 is 0 Å². The second-order valence-corrected chi connectivity index (χ2v) is 32.7. The van der Waals surface area contributed by atoms with Gasteiger partial charge in [0.15, 0.2) is 17.3 Å². The Morgan fingerprint density at radius 3 is 1.26 bits per heavy atom. The number of nitrogens with one attached hydrogen (secondary N) is 8. The molecule has 2 bridgehead atoms. The zero-order valence-corrected chi connectivity index (χ0v) is 76.0. The zero-order valence-electron chi connectivity index (χ0n) is 76.0. The Morgan fingerprint density at radius 1 is 0.450 bits per heavy atom. The van der Waals surface area contributed by atoms with Crippen LogP contribution in [0.2, 0.25) is 0 Å². The summed E-state index contributed by atoms with van der Waals surface area (Å²) in [5.41, 5.74) is 11.1. The number of ketones is 10. The number of Topliss-reactive ketones (excluding diaryl/α,β-unsaturated/α-hetero) is 10. The summed E-state index contributed by atoms with van der Waals surface area (Å²) < 4.78 is 0. The van der Waals surface area contributed by atoms with E-state index >= 15 is 0 Å². The summed E-state index contributed by atoms with van der Waals surface area (Å²) in [6.07, 6.45) is 18.2. The fourth-order valence-electron chi connectivity index (χ4n) is 17.1. The molecule has 7 aromatic rings. The number of likely N-dealkylation sites (N-methyl/N-ethyl adjacent to an activating group) is 7. The highest BCUT2D eigenvalue weighted by atomic mass is 16.2. The van der Waals surface area contributed by atoms with Crippen LogP contribution in [-0.2, 0) is 76.1 Å². The Kier molecular flexibility index (Phi) is 43.8. The molecule has 0 amide bonds. The Labute approximate surface area is 717 Å². The van der Waals surface area contributed by atoms with Crippen molar-refractivity contribution in [3.05, 3.63) is 232 Å². The number of hydrogen-bond donors (Lipinski definition) is 8. The average molecular weight is 1640 g/mol. The standard InChI is InChI=1S/C16H17NO.2C12H15NO.C10H17NO.C10H13NO.C9H11NO.C9H17NO.C9H11NO.C8H15NO.C5H11NO/c1-13(18)16(17-2,14-9-5-3-6-10-14)15-11-7-4-8-12-15;1-9(14)12-7-10-5-3-4-6-11(10)8-13(12)2;1-9(14)12(13-2)7-10-5-3-4-6-11(10)8-12;1-7(12)10(11-2)6-8-3-4-9(10)5-8;1-8(12)6-9-4-3-5-10(7-9)11-2;1-7(11)8-4-3-5-9(6-8)10-2;1-8(11)9(10-2)6-4-3-5-7-9;1-7(11)8-5-3-4-6-9(8)10-2;1-7(10)8(9-2)5-3-4-6-8;1-5(7)4-6(2)3/h3-12,17H,1-2H3;3-6,12H,7-8H2,1-2H3;3-6,13H,7-8H2,1-2H3;8-9,11H,3-6H2,1-2H3;3-5,7,11H,6H2,1-2H3;3-6,10H,1-2H3;10H,3-7H2,1-2H3;3-6,10H,1-2H3;9H,3-6H2,1-2H3;4H2,1-3H3/t;12-;;;;;;;;/m.0......../s1. The first-order valence-electron chi connectivity index (χ1n) is 42.4. The van der Waals surface area contributed by atoms with Crippen LogP contribution in [0.3, 0.4) is 0 Å².